The zero-order chi connectivity index (χ0) is 15.0. The SMILES string of the molecule is CC(C)(C)OC(=O)N1CCCC(NCCCCCO)C1. The average molecular weight is 286 g/mol. The van der Waals surface area contributed by atoms with Crippen molar-refractivity contribution in [3.63, 3.8) is 0 Å². The second-order valence-corrected chi connectivity index (χ2v) is 6.50. The number of nitrogens with zero attached hydrogens (tertiary/aromatic N) is 1. The second-order valence-electron chi connectivity index (χ2n) is 6.50. The van der Waals surface area contributed by atoms with Crippen LogP contribution < -0.4 is 5.32 Å². The Labute approximate surface area is 122 Å². The molecule has 20 heavy (non-hydrogen) atoms. The first-order chi connectivity index (χ1) is 9.42. The number of ether oxygens (including phenoxy) is 1. The first-order valence-corrected chi connectivity index (χ1v) is 7.74. The van der Waals surface area contributed by atoms with E-state index in [1.54, 1.807) is 4.90 Å². The largest absolute Gasteiger partial charge is 0.444 e. The van der Waals surface area contributed by atoms with Crippen LogP contribution in [0.25, 0.3) is 0 Å². The molecule has 1 rings (SSSR count). The van der Waals surface area contributed by atoms with Crippen LogP contribution in [0.2, 0.25) is 0 Å². The van der Waals surface area contributed by atoms with Gasteiger partial charge in [-0.1, -0.05) is 0 Å². The summed E-state index contributed by atoms with van der Waals surface area (Å²) in [4.78, 5) is 13.8. The molecule has 0 spiro atoms. The van der Waals surface area contributed by atoms with Gasteiger partial charge in [0.15, 0.2) is 0 Å². The molecule has 5 heteroatoms. The number of piperidine rings is 1. The third-order valence-electron chi connectivity index (χ3n) is 3.34. The minimum atomic E-state index is -0.429. The standard InChI is InChI=1S/C15H30N2O3/c1-15(2,3)20-14(19)17-10-7-8-13(12-17)16-9-5-4-6-11-18/h13,16,18H,4-12H2,1-3H3. The zero-order valence-electron chi connectivity index (χ0n) is 13.2. The van der Waals surface area contributed by atoms with E-state index >= 15 is 0 Å². The number of hydrogen-bond donors (Lipinski definition) is 2. The average Bonchev–Trinajstić information content (AvgIpc) is 2.37. The number of unbranched alkanes of at least 4 members (excludes halogenated alkanes) is 2. The van der Waals surface area contributed by atoms with Crippen LogP contribution in [0, 0.1) is 0 Å². The van der Waals surface area contributed by atoms with Gasteiger partial charge in [0.2, 0.25) is 0 Å². The maximum Gasteiger partial charge on any atom is 0.410 e. The van der Waals surface area contributed by atoms with E-state index in [9.17, 15) is 4.79 Å². The van der Waals surface area contributed by atoms with E-state index in [0.717, 1.165) is 51.7 Å². The Morgan fingerprint density at radius 1 is 1.35 bits per heavy atom. The number of nitrogens with one attached hydrogen (secondary N) is 1. The number of carbonyl (C=O) groups is 1. The van der Waals surface area contributed by atoms with E-state index < -0.39 is 5.60 Å². The van der Waals surface area contributed by atoms with Gasteiger partial charge in [-0.3, -0.25) is 0 Å². The summed E-state index contributed by atoms with van der Waals surface area (Å²) in [5.74, 6) is 0. The van der Waals surface area contributed by atoms with Gasteiger partial charge in [0, 0.05) is 25.7 Å². The molecule has 5 nitrogen and oxygen atoms in total. The fraction of sp³-hybridized carbons (Fsp3) is 0.933. The van der Waals surface area contributed by atoms with E-state index in [2.05, 4.69) is 5.32 Å². The van der Waals surface area contributed by atoms with E-state index in [4.69, 9.17) is 9.84 Å². The normalized spacial score (nSPS) is 20.0. The molecule has 1 amide bonds. The number of carbonyl (C=O) groups excluding carboxylic acids is 1. The quantitative estimate of drug-likeness (QED) is 0.734. The molecule has 0 bridgehead atoms. The number of hydrogen-bond acceptors (Lipinski definition) is 4. The molecule has 0 saturated carbocycles. The van der Waals surface area contributed by atoms with E-state index in [1.165, 1.54) is 0 Å². The number of amides is 1. The number of aliphatic hydroxyl groups excluding tert-OH is 1. The minimum Gasteiger partial charge on any atom is -0.444 e. The highest BCUT2D eigenvalue weighted by atomic mass is 16.6. The molecule has 0 aromatic carbocycles. The van der Waals surface area contributed by atoms with E-state index in [1.807, 2.05) is 20.8 Å². The Hall–Kier alpha value is -0.810. The lowest BCUT2D eigenvalue weighted by molar-refractivity contribution is 0.0187. The van der Waals surface area contributed by atoms with Crippen molar-refractivity contribution in [1.29, 1.82) is 0 Å². The highest BCUT2D eigenvalue weighted by molar-refractivity contribution is 5.68. The molecule has 1 aliphatic heterocycles. The van der Waals surface area contributed by atoms with Gasteiger partial charge in [0.1, 0.15) is 5.60 Å². The monoisotopic (exact) mass is 286 g/mol. The molecular formula is C15H30N2O3. The Bertz CT molecular complexity index is 289. The highest BCUT2D eigenvalue weighted by Crippen LogP contribution is 2.15. The van der Waals surface area contributed by atoms with Crippen molar-refractivity contribution in [3.05, 3.63) is 0 Å². The van der Waals surface area contributed by atoms with Gasteiger partial charge in [-0.2, -0.15) is 0 Å². The Morgan fingerprint density at radius 3 is 2.75 bits per heavy atom. The summed E-state index contributed by atoms with van der Waals surface area (Å²) in [5, 5.41) is 12.2. The molecule has 1 unspecified atom stereocenters. The summed E-state index contributed by atoms with van der Waals surface area (Å²) in [5.41, 5.74) is -0.429. The van der Waals surface area contributed by atoms with Crippen LogP contribution in [0.5, 0.6) is 0 Å². The lowest BCUT2D eigenvalue weighted by Gasteiger charge is -2.34. The van der Waals surface area contributed by atoms with Crippen LogP contribution in [-0.2, 0) is 4.74 Å². The fourth-order valence-corrected chi connectivity index (χ4v) is 2.36. The Morgan fingerprint density at radius 2 is 2.10 bits per heavy atom. The van der Waals surface area contributed by atoms with Crippen molar-refractivity contribution in [1.82, 2.24) is 10.2 Å². The topological polar surface area (TPSA) is 61.8 Å². The summed E-state index contributed by atoms with van der Waals surface area (Å²) >= 11 is 0. The van der Waals surface area contributed by atoms with Crippen LogP contribution in [0.3, 0.4) is 0 Å². The highest BCUT2D eigenvalue weighted by Gasteiger charge is 2.27. The van der Waals surface area contributed by atoms with E-state index in [-0.39, 0.29) is 12.7 Å². The Kier molecular flexibility index (Phi) is 7.30. The van der Waals surface area contributed by atoms with Crippen molar-refractivity contribution < 1.29 is 14.6 Å². The third kappa shape index (κ3) is 7.10. The maximum absolute atomic E-state index is 12.0. The van der Waals surface area contributed by atoms with Gasteiger partial charge in [-0.05, 0) is 59.4 Å². The second kappa shape index (κ2) is 8.47. The predicted octanol–water partition coefficient (Wildman–Crippen LogP) is 2.14. The predicted molar refractivity (Wildman–Crippen MR) is 79.8 cm³/mol. The molecule has 1 atom stereocenters. The fourth-order valence-electron chi connectivity index (χ4n) is 2.36. The zero-order valence-corrected chi connectivity index (χ0v) is 13.2. The number of rotatable bonds is 6. The molecule has 118 valence electrons. The molecule has 0 aliphatic carbocycles. The van der Waals surface area contributed by atoms with Crippen LogP contribution in [0.15, 0.2) is 0 Å². The molecule has 2 N–H and O–H groups in total. The summed E-state index contributed by atoms with van der Waals surface area (Å²) in [6.07, 6.45) is 4.92. The van der Waals surface area contributed by atoms with Gasteiger partial charge in [0.05, 0.1) is 0 Å². The van der Waals surface area contributed by atoms with Gasteiger partial charge >= 0.3 is 6.09 Å². The molecule has 1 heterocycles. The molecule has 0 aromatic rings. The van der Waals surface area contributed by atoms with Crippen molar-refractivity contribution >= 4 is 6.09 Å². The molecule has 0 radical (unpaired) electrons. The van der Waals surface area contributed by atoms with Crippen LogP contribution >= 0.6 is 0 Å². The van der Waals surface area contributed by atoms with Gasteiger partial charge in [-0.25, -0.2) is 4.79 Å². The first kappa shape index (κ1) is 17.2. The van der Waals surface area contributed by atoms with Crippen LogP contribution in [0.4, 0.5) is 4.79 Å². The van der Waals surface area contributed by atoms with Crippen molar-refractivity contribution in [2.75, 3.05) is 26.2 Å². The molecule has 1 fully saturated rings. The van der Waals surface area contributed by atoms with Crippen LogP contribution in [0.1, 0.15) is 52.9 Å². The van der Waals surface area contributed by atoms with Crippen molar-refractivity contribution in [2.45, 2.75) is 64.5 Å². The third-order valence-corrected chi connectivity index (χ3v) is 3.34. The summed E-state index contributed by atoms with van der Waals surface area (Å²) < 4.78 is 5.41. The van der Waals surface area contributed by atoms with Gasteiger partial charge < -0.3 is 20.1 Å². The minimum absolute atomic E-state index is 0.204. The summed E-state index contributed by atoms with van der Waals surface area (Å²) in [6.45, 7) is 8.43. The van der Waals surface area contributed by atoms with Gasteiger partial charge in [0.25, 0.3) is 0 Å². The number of aliphatic hydroxyl groups is 1. The molecule has 1 saturated heterocycles. The van der Waals surface area contributed by atoms with Crippen LogP contribution in [-0.4, -0.2) is 54.0 Å². The smallest absolute Gasteiger partial charge is 0.410 e. The van der Waals surface area contributed by atoms with E-state index in [0.29, 0.717) is 6.04 Å². The number of likely N-dealkylation sites (tertiary alicyclic amines) is 1. The summed E-state index contributed by atoms with van der Waals surface area (Å²) in [7, 11) is 0. The Balaban J connectivity index is 2.26. The lowest BCUT2D eigenvalue weighted by Crippen LogP contribution is -2.49. The maximum atomic E-state index is 12.0. The molecule has 1 aliphatic rings. The lowest BCUT2D eigenvalue weighted by atomic mass is 10.1. The first-order valence-electron chi connectivity index (χ1n) is 7.74. The van der Waals surface area contributed by atoms with Crippen molar-refractivity contribution in [3.8, 4) is 0 Å². The molecule has 0 aromatic heterocycles. The van der Waals surface area contributed by atoms with Gasteiger partial charge in [-0.15, -0.1) is 0 Å². The molecular weight excluding hydrogens is 256 g/mol. The van der Waals surface area contributed by atoms with Crippen molar-refractivity contribution in [2.24, 2.45) is 0 Å². The summed E-state index contributed by atoms with van der Waals surface area (Å²) in [6, 6.07) is 0.366.